The molecule has 0 spiro atoms. The van der Waals surface area contributed by atoms with Gasteiger partial charge in [-0.15, -0.1) is 0 Å². The second-order valence-electron chi connectivity index (χ2n) is 4.76. The number of benzene rings is 1. The Morgan fingerprint density at radius 3 is 2.84 bits per heavy atom. The minimum absolute atomic E-state index is 0.00425. The lowest BCUT2D eigenvalue weighted by Crippen LogP contribution is -2.48. The molecule has 1 aromatic rings. The number of carbonyl (C=O) groups excluding carboxylic acids is 2. The van der Waals surface area contributed by atoms with Crippen LogP contribution in [0.1, 0.15) is 23.2 Å². The highest BCUT2D eigenvalue weighted by atomic mass is 79.9. The van der Waals surface area contributed by atoms with E-state index in [-0.39, 0.29) is 17.9 Å². The van der Waals surface area contributed by atoms with Crippen molar-refractivity contribution in [1.29, 1.82) is 0 Å². The fourth-order valence-corrected chi connectivity index (χ4v) is 2.65. The summed E-state index contributed by atoms with van der Waals surface area (Å²) in [7, 11) is 1.75. The summed E-state index contributed by atoms with van der Waals surface area (Å²) in [5.41, 5.74) is 6.77. The Morgan fingerprint density at radius 1 is 1.47 bits per heavy atom. The van der Waals surface area contributed by atoms with Gasteiger partial charge >= 0.3 is 0 Å². The fourth-order valence-electron chi connectivity index (χ4n) is 2.14. The Morgan fingerprint density at radius 2 is 2.21 bits per heavy atom. The number of nitrogens with zero attached hydrogens (tertiary/aromatic N) is 1. The van der Waals surface area contributed by atoms with Crippen LogP contribution < -0.4 is 11.1 Å². The van der Waals surface area contributed by atoms with Crippen molar-refractivity contribution in [1.82, 2.24) is 10.2 Å². The summed E-state index contributed by atoms with van der Waals surface area (Å²) >= 11 is 3.31. The minimum atomic E-state index is -0.166. The molecule has 1 saturated heterocycles. The lowest BCUT2D eigenvalue weighted by molar-refractivity contribution is -0.132. The van der Waals surface area contributed by atoms with Crippen LogP contribution in [0, 0.1) is 0 Å². The van der Waals surface area contributed by atoms with Gasteiger partial charge in [0.25, 0.3) is 5.91 Å². The van der Waals surface area contributed by atoms with E-state index in [1.165, 1.54) is 0 Å². The number of likely N-dealkylation sites (tertiary alicyclic amines) is 1. The number of hydrogen-bond donors (Lipinski definition) is 2. The molecule has 3 N–H and O–H groups in total. The van der Waals surface area contributed by atoms with Gasteiger partial charge in [-0.2, -0.15) is 0 Å². The molecule has 1 aliphatic heterocycles. The van der Waals surface area contributed by atoms with Gasteiger partial charge in [0.1, 0.15) is 0 Å². The molecule has 0 aliphatic carbocycles. The number of nitrogen functional groups attached to an aromatic ring is 1. The van der Waals surface area contributed by atoms with Crippen LogP contribution in [0.25, 0.3) is 0 Å². The summed E-state index contributed by atoms with van der Waals surface area (Å²) in [6.45, 7) is 0.550. The first-order valence-electron chi connectivity index (χ1n) is 6.06. The van der Waals surface area contributed by atoms with E-state index >= 15 is 0 Å². The molecular formula is C13H16BrN3O2. The summed E-state index contributed by atoms with van der Waals surface area (Å²) in [5, 5.41) is 2.93. The van der Waals surface area contributed by atoms with E-state index in [2.05, 4.69) is 21.2 Å². The molecule has 1 atom stereocenters. The van der Waals surface area contributed by atoms with Crippen LogP contribution in [0.2, 0.25) is 0 Å². The van der Waals surface area contributed by atoms with Gasteiger partial charge in [-0.3, -0.25) is 9.59 Å². The molecule has 0 radical (unpaired) electrons. The smallest absolute Gasteiger partial charge is 0.251 e. The van der Waals surface area contributed by atoms with Crippen molar-refractivity contribution < 1.29 is 9.59 Å². The highest BCUT2D eigenvalue weighted by Gasteiger charge is 2.24. The Hall–Kier alpha value is -1.56. The van der Waals surface area contributed by atoms with Crippen LogP contribution in [0.5, 0.6) is 0 Å². The lowest BCUT2D eigenvalue weighted by Gasteiger charge is -2.30. The van der Waals surface area contributed by atoms with Crippen LogP contribution in [0.15, 0.2) is 22.7 Å². The van der Waals surface area contributed by atoms with E-state index in [9.17, 15) is 9.59 Å². The Kier molecular flexibility index (Phi) is 4.09. The van der Waals surface area contributed by atoms with Gasteiger partial charge in [0.15, 0.2) is 0 Å². The summed E-state index contributed by atoms with van der Waals surface area (Å²) in [6, 6.07) is 5.10. The molecule has 0 aromatic heterocycles. The molecule has 0 bridgehead atoms. The first-order valence-corrected chi connectivity index (χ1v) is 6.86. The highest BCUT2D eigenvalue weighted by molar-refractivity contribution is 9.10. The predicted octanol–water partition coefficient (Wildman–Crippen LogP) is 1.38. The first-order chi connectivity index (χ1) is 8.95. The fraction of sp³-hybridized carbons (Fsp3) is 0.385. The topological polar surface area (TPSA) is 75.4 Å². The maximum absolute atomic E-state index is 12.1. The molecule has 102 valence electrons. The molecule has 1 fully saturated rings. The van der Waals surface area contributed by atoms with Gasteiger partial charge in [0.05, 0.1) is 0 Å². The number of amides is 2. The molecule has 2 amide bonds. The molecule has 1 unspecified atom stereocenters. The molecule has 2 rings (SSSR count). The van der Waals surface area contributed by atoms with Crippen molar-refractivity contribution >= 4 is 33.4 Å². The van der Waals surface area contributed by atoms with Gasteiger partial charge < -0.3 is 16.0 Å². The molecule has 0 saturated carbocycles. The number of halogens is 1. The van der Waals surface area contributed by atoms with E-state index in [1.54, 1.807) is 30.1 Å². The van der Waals surface area contributed by atoms with E-state index in [0.717, 1.165) is 4.47 Å². The predicted molar refractivity (Wildman–Crippen MR) is 76.7 cm³/mol. The van der Waals surface area contributed by atoms with Crippen LogP contribution in [0.4, 0.5) is 5.69 Å². The number of nitrogens with one attached hydrogen (secondary N) is 1. The SMILES string of the molecule is CN1CC(NC(=O)c2cc(N)cc(Br)c2)CCC1=O. The van der Waals surface area contributed by atoms with Crippen molar-refractivity contribution in [3.05, 3.63) is 28.2 Å². The zero-order valence-corrected chi connectivity index (χ0v) is 12.2. The largest absolute Gasteiger partial charge is 0.399 e. The zero-order valence-electron chi connectivity index (χ0n) is 10.6. The maximum atomic E-state index is 12.1. The number of nitrogens with two attached hydrogens (primary N) is 1. The number of anilines is 1. The van der Waals surface area contributed by atoms with Crippen molar-refractivity contribution in [2.45, 2.75) is 18.9 Å². The van der Waals surface area contributed by atoms with Crippen LogP contribution in [-0.4, -0.2) is 36.3 Å². The van der Waals surface area contributed by atoms with Crippen molar-refractivity contribution in [3.8, 4) is 0 Å². The summed E-state index contributed by atoms with van der Waals surface area (Å²) < 4.78 is 0.772. The standard InChI is InChI=1S/C13H16BrN3O2/c1-17-7-11(2-3-12(17)18)16-13(19)8-4-9(14)6-10(15)5-8/h4-6,11H,2-3,7,15H2,1H3,(H,16,19). The molecule has 1 heterocycles. The quantitative estimate of drug-likeness (QED) is 0.807. The van der Waals surface area contributed by atoms with E-state index in [4.69, 9.17) is 5.73 Å². The Labute approximate surface area is 120 Å². The van der Waals surface area contributed by atoms with Gasteiger partial charge in [-0.05, 0) is 24.6 Å². The summed E-state index contributed by atoms with van der Waals surface area (Å²) in [4.78, 5) is 25.1. The lowest BCUT2D eigenvalue weighted by atomic mass is 10.0. The van der Waals surface area contributed by atoms with Crippen molar-refractivity contribution in [3.63, 3.8) is 0 Å². The van der Waals surface area contributed by atoms with Crippen LogP contribution in [-0.2, 0) is 4.79 Å². The van der Waals surface area contributed by atoms with E-state index in [1.807, 2.05) is 0 Å². The van der Waals surface area contributed by atoms with E-state index < -0.39 is 0 Å². The molecule has 6 heteroatoms. The Balaban J connectivity index is 2.03. The van der Waals surface area contributed by atoms with Crippen LogP contribution in [0.3, 0.4) is 0 Å². The normalized spacial score (nSPS) is 19.4. The third-order valence-corrected chi connectivity index (χ3v) is 3.60. The number of rotatable bonds is 2. The number of piperidine rings is 1. The third kappa shape index (κ3) is 3.47. The molecular weight excluding hydrogens is 310 g/mol. The first kappa shape index (κ1) is 13.9. The molecule has 1 aliphatic rings. The summed E-state index contributed by atoms with van der Waals surface area (Å²) in [5.74, 6) is -0.0436. The zero-order chi connectivity index (χ0) is 14.0. The molecule has 5 nitrogen and oxygen atoms in total. The van der Waals surface area contributed by atoms with E-state index in [0.29, 0.717) is 30.6 Å². The second-order valence-corrected chi connectivity index (χ2v) is 5.67. The number of hydrogen-bond acceptors (Lipinski definition) is 3. The number of likely N-dealkylation sites (N-methyl/N-ethyl adjacent to an activating group) is 1. The third-order valence-electron chi connectivity index (χ3n) is 3.14. The average Bonchev–Trinajstić information content (AvgIpc) is 2.32. The second kappa shape index (κ2) is 5.61. The maximum Gasteiger partial charge on any atom is 0.251 e. The van der Waals surface area contributed by atoms with Gasteiger partial charge in [-0.25, -0.2) is 0 Å². The van der Waals surface area contributed by atoms with Gasteiger partial charge in [-0.1, -0.05) is 15.9 Å². The highest BCUT2D eigenvalue weighted by Crippen LogP contribution is 2.18. The van der Waals surface area contributed by atoms with Crippen molar-refractivity contribution in [2.75, 3.05) is 19.3 Å². The van der Waals surface area contributed by atoms with Gasteiger partial charge in [0, 0.05) is 41.8 Å². The van der Waals surface area contributed by atoms with Crippen LogP contribution >= 0.6 is 15.9 Å². The average molecular weight is 326 g/mol. The number of carbonyl (C=O) groups is 2. The van der Waals surface area contributed by atoms with Crippen molar-refractivity contribution in [2.24, 2.45) is 0 Å². The summed E-state index contributed by atoms with van der Waals surface area (Å²) in [6.07, 6.45) is 1.15. The molecule has 1 aromatic carbocycles. The Bertz CT molecular complexity index is 498. The minimum Gasteiger partial charge on any atom is -0.399 e. The monoisotopic (exact) mass is 325 g/mol. The van der Waals surface area contributed by atoms with Gasteiger partial charge in [0.2, 0.25) is 5.91 Å². The molecule has 19 heavy (non-hydrogen) atoms.